The van der Waals surface area contributed by atoms with E-state index in [1.54, 1.807) is 18.2 Å². The van der Waals surface area contributed by atoms with Crippen LogP contribution in [0.5, 0.6) is 0 Å². The zero-order valence-electron chi connectivity index (χ0n) is 13.8. The first-order valence-electron chi connectivity index (χ1n) is 8.33. The van der Waals surface area contributed by atoms with Gasteiger partial charge in [0.15, 0.2) is 0 Å². The molecule has 26 heavy (non-hydrogen) atoms. The van der Waals surface area contributed by atoms with Crippen molar-refractivity contribution < 1.29 is 18.8 Å². The lowest BCUT2D eigenvalue weighted by Crippen LogP contribution is -2.34. The molecular formula is C19H16FN3O3. The molecule has 1 atom stereocenters. The number of hydrogen-bond donors (Lipinski definition) is 3. The number of hydrogen-bond acceptors (Lipinski definition) is 3. The van der Waals surface area contributed by atoms with Crippen molar-refractivity contribution in [1.82, 2.24) is 5.32 Å². The SMILES string of the molecule is O=C1CC(C(=O)Nc2cccc3c2CCNC3=O)c2ccc(F)cc2N1. The van der Waals surface area contributed by atoms with Crippen molar-refractivity contribution in [2.45, 2.75) is 18.8 Å². The maximum absolute atomic E-state index is 13.4. The van der Waals surface area contributed by atoms with Gasteiger partial charge in [0, 0.05) is 29.9 Å². The molecule has 4 rings (SSSR count). The van der Waals surface area contributed by atoms with Gasteiger partial charge in [0.25, 0.3) is 5.91 Å². The second-order valence-electron chi connectivity index (χ2n) is 6.36. The Morgan fingerprint density at radius 2 is 2.04 bits per heavy atom. The molecule has 3 N–H and O–H groups in total. The maximum atomic E-state index is 13.4. The van der Waals surface area contributed by atoms with Gasteiger partial charge < -0.3 is 16.0 Å². The molecule has 7 heteroatoms. The van der Waals surface area contributed by atoms with Crippen molar-refractivity contribution in [3.8, 4) is 0 Å². The Hall–Kier alpha value is -3.22. The first-order chi connectivity index (χ1) is 12.5. The van der Waals surface area contributed by atoms with Crippen LogP contribution in [0.3, 0.4) is 0 Å². The minimum atomic E-state index is -0.715. The van der Waals surface area contributed by atoms with Crippen molar-refractivity contribution in [2.75, 3.05) is 17.2 Å². The van der Waals surface area contributed by atoms with Gasteiger partial charge in [-0.05, 0) is 41.8 Å². The summed E-state index contributed by atoms with van der Waals surface area (Å²) in [5.41, 5.74) is 2.78. The highest BCUT2D eigenvalue weighted by Gasteiger charge is 2.31. The third-order valence-corrected chi connectivity index (χ3v) is 4.71. The molecule has 0 aromatic heterocycles. The van der Waals surface area contributed by atoms with Crippen LogP contribution in [-0.4, -0.2) is 24.3 Å². The highest BCUT2D eigenvalue weighted by Crippen LogP contribution is 2.34. The topological polar surface area (TPSA) is 87.3 Å². The molecule has 132 valence electrons. The van der Waals surface area contributed by atoms with E-state index in [1.807, 2.05) is 0 Å². The summed E-state index contributed by atoms with van der Waals surface area (Å²) < 4.78 is 13.4. The molecule has 0 fully saturated rings. The van der Waals surface area contributed by atoms with Gasteiger partial charge in [-0.2, -0.15) is 0 Å². The molecule has 2 heterocycles. The zero-order chi connectivity index (χ0) is 18.3. The van der Waals surface area contributed by atoms with Crippen LogP contribution in [-0.2, 0) is 16.0 Å². The van der Waals surface area contributed by atoms with Crippen LogP contribution in [0, 0.1) is 5.82 Å². The zero-order valence-corrected chi connectivity index (χ0v) is 13.8. The van der Waals surface area contributed by atoms with Crippen LogP contribution < -0.4 is 16.0 Å². The minimum absolute atomic E-state index is 0.0139. The van der Waals surface area contributed by atoms with E-state index >= 15 is 0 Å². The van der Waals surface area contributed by atoms with Gasteiger partial charge in [-0.15, -0.1) is 0 Å². The predicted molar refractivity (Wildman–Crippen MR) is 93.5 cm³/mol. The molecule has 0 saturated carbocycles. The Morgan fingerprint density at radius 3 is 2.88 bits per heavy atom. The van der Waals surface area contributed by atoms with Gasteiger partial charge in [-0.1, -0.05) is 12.1 Å². The van der Waals surface area contributed by atoms with E-state index in [0.29, 0.717) is 35.5 Å². The fourth-order valence-corrected chi connectivity index (χ4v) is 3.47. The molecule has 2 aromatic carbocycles. The van der Waals surface area contributed by atoms with E-state index in [9.17, 15) is 18.8 Å². The normalized spacial score (nSPS) is 18.3. The van der Waals surface area contributed by atoms with Crippen LogP contribution in [0.2, 0.25) is 0 Å². The number of carbonyl (C=O) groups is 3. The molecule has 0 aliphatic carbocycles. The molecule has 2 aliphatic heterocycles. The van der Waals surface area contributed by atoms with Crippen molar-refractivity contribution in [3.63, 3.8) is 0 Å². The van der Waals surface area contributed by atoms with E-state index in [2.05, 4.69) is 16.0 Å². The van der Waals surface area contributed by atoms with E-state index in [0.717, 1.165) is 5.56 Å². The fourth-order valence-electron chi connectivity index (χ4n) is 3.47. The number of amides is 3. The smallest absolute Gasteiger partial charge is 0.251 e. The van der Waals surface area contributed by atoms with Crippen LogP contribution in [0.25, 0.3) is 0 Å². The number of rotatable bonds is 2. The molecule has 0 bridgehead atoms. The lowest BCUT2D eigenvalue weighted by Gasteiger charge is -2.26. The summed E-state index contributed by atoms with van der Waals surface area (Å²) in [5.74, 6) is -2.05. The summed E-state index contributed by atoms with van der Waals surface area (Å²) in [5, 5.41) is 8.20. The van der Waals surface area contributed by atoms with Gasteiger partial charge >= 0.3 is 0 Å². The third kappa shape index (κ3) is 2.81. The van der Waals surface area contributed by atoms with Crippen molar-refractivity contribution in [1.29, 1.82) is 0 Å². The summed E-state index contributed by atoms with van der Waals surface area (Å²) in [4.78, 5) is 36.7. The summed E-state index contributed by atoms with van der Waals surface area (Å²) in [6.45, 7) is 0.507. The first kappa shape index (κ1) is 16.3. The number of anilines is 2. The third-order valence-electron chi connectivity index (χ3n) is 4.71. The summed E-state index contributed by atoms with van der Waals surface area (Å²) in [6.07, 6.45) is 0.602. The van der Waals surface area contributed by atoms with E-state index in [1.165, 1.54) is 18.2 Å². The number of carbonyl (C=O) groups excluding carboxylic acids is 3. The lowest BCUT2D eigenvalue weighted by atomic mass is 9.89. The van der Waals surface area contributed by atoms with Gasteiger partial charge in [0.2, 0.25) is 11.8 Å². The number of benzene rings is 2. The molecule has 0 saturated heterocycles. The van der Waals surface area contributed by atoms with Crippen LogP contribution in [0.15, 0.2) is 36.4 Å². The van der Waals surface area contributed by atoms with Crippen molar-refractivity contribution >= 4 is 29.1 Å². The molecule has 0 radical (unpaired) electrons. The standard InChI is InChI=1S/C19H16FN3O3/c20-10-4-5-11-14(9-17(24)22-16(11)8-10)19(26)23-15-3-1-2-13-12(15)6-7-21-18(13)25/h1-5,8,14H,6-7,9H2,(H,21,25)(H,22,24)(H,23,26). The second-order valence-corrected chi connectivity index (χ2v) is 6.36. The van der Waals surface area contributed by atoms with Crippen LogP contribution in [0.1, 0.15) is 33.8 Å². The predicted octanol–water partition coefficient (Wildman–Crippen LogP) is 2.18. The molecule has 1 unspecified atom stereocenters. The number of halogens is 1. The Morgan fingerprint density at radius 1 is 1.19 bits per heavy atom. The second kappa shape index (κ2) is 6.25. The number of fused-ring (bicyclic) bond motifs is 2. The van der Waals surface area contributed by atoms with Gasteiger partial charge in [-0.3, -0.25) is 14.4 Å². The Bertz CT molecular complexity index is 942. The van der Waals surface area contributed by atoms with E-state index in [-0.39, 0.29) is 24.1 Å². The maximum Gasteiger partial charge on any atom is 0.251 e. The van der Waals surface area contributed by atoms with Gasteiger partial charge in [-0.25, -0.2) is 4.39 Å². The molecule has 2 aliphatic rings. The first-order valence-corrected chi connectivity index (χ1v) is 8.33. The fraction of sp³-hybridized carbons (Fsp3) is 0.211. The molecular weight excluding hydrogens is 337 g/mol. The van der Waals surface area contributed by atoms with E-state index < -0.39 is 11.7 Å². The Balaban J connectivity index is 1.65. The summed E-state index contributed by atoms with van der Waals surface area (Å²) in [6, 6.07) is 9.15. The van der Waals surface area contributed by atoms with Crippen LogP contribution >= 0.6 is 0 Å². The van der Waals surface area contributed by atoms with Crippen molar-refractivity contribution in [3.05, 3.63) is 58.9 Å². The minimum Gasteiger partial charge on any atom is -0.352 e. The molecule has 2 aromatic rings. The van der Waals surface area contributed by atoms with Gasteiger partial charge in [0.1, 0.15) is 5.82 Å². The Labute approximate surface area is 148 Å². The molecule has 6 nitrogen and oxygen atoms in total. The Kier molecular flexibility index (Phi) is 3.91. The van der Waals surface area contributed by atoms with Crippen molar-refractivity contribution in [2.24, 2.45) is 0 Å². The highest BCUT2D eigenvalue weighted by atomic mass is 19.1. The largest absolute Gasteiger partial charge is 0.352 e. The average molecular weight is 353 g/mol. The summed E-state index contributed by atoms with van der Waals surface area (Å²) >= 11 is 0. The average Bonchev–Trinajstić information content (AvgIpc) is 2.61. The number of nitrogens with one attached hydrogen (secondary N) is 3. The lowest BCUT2D eigenvalue weighted by molar-refractivity contribution is -0.123. The monoisotopic (exact) mass is 353 g/mol. The van der Waals surface area contributed by atoms with Gasteiger partial charge in [0.05, 0.1) is 5.92 Å². The van der Waals surface area contributed by atoms with Crippen LogP contribution in [0.4, 0.5) is 15.8 Å². The highest BCUT2D eigenvalue weighted by molar-refractivity contribution is 6.06. The summed E-state index contributed by atoms with van der Waals surface area (Å²) in [7, 11) is 0. The quantitative estimate of drug-likeness (QED) is 0.773. The molecule has 3 amide bonds. The molecule has 0 spiro atoms. The van der Waals surface area contributed by atoms with E-state index in [4.69, 9.17) is 0 Å².